The molecule has 0 bridgehead atoms. The number of carbonyl (C=O) groups excluding carboxylic acids is 3. The summed E-state index contributed by atoms with van der Waals surface area (Å²) in [5, 5.41) is 24.4. The van der Waals surface area contributed by atoms with Crippen LogP contribution in [0.15, 0.2) is 49.2 Å². The molecular weight excluding hydrogens is 797 g/mol. The monoisotopic (exact) mass is 856 g/mol. The van der Waals surface area contributed by atoms with E-state index in [1.54, 1.807) is 16.9 Å². The van der Waals surface area contributed by atoms with E-state index in [9.17, 15) is 24.3 Å². The summed E-state index contributed by atoms with van der Waals surface area (Å²) in [6, 6.07) is 7.18. The number of carboxylic acids is 1. The van der Waals surface area contributed by atoms with Crippen molar-refractivity contribution in [1.82, 2.24) is 35.2 Å². The van der Waals surface area contributed by atoms with E-state index in [1.807, 2.05) is 58.9 Å². The number of morpholine rings is 1. The average Bonchev–Trinajstić information content (AvgIpc) is 3.89. The Kier molecular flexibility index (Phi) is 12.1. The number of amides is 3. The number of rotatable bonds is 16. The van der Waals surface area contributed by atoms with Gasteiger partial charge in [-0.15, -0.1) is 11.7 Å². The van der Waals surface area contributed by atoms with Gasteiger partial charge in [0, 0.05) is 67.8 Å². The van der Waals surface area contributed by atoms with Gasteiger partial charge in [0.25, 0.3) is 0 Å². The van der Waals surface area contributed by atoms with Crippen molar-refractivity contribution in [2.45, 2.75) is 103 Å². The number of alkyl carbamates (subject to hydrolysis) is 1. The topological polar surface area (TPSA) is 199 Å². The fourth-order valence-corrected chi connectivity index (χ4v) is 9.16. The van der Waals surface area contributed by atoms with Crippen molar-refractivity contribution in [3.05, 3.63) is 49.2 Å². The van der Waals surface area contributed by atoms with Crippen LogP contribution in [0.2, 0.25) is 0 Å². The van der Waals surface area contributed by atoms with Gasteiger partial charge in [0.2, 0.25) is 11.8 Å². The molecule has 2 aromatic heterocycles. The maximum atomic E-state index is 14.8. The van der Waals surface area contributed by atoms with Crippen LogP contribution in [0.3, 0.4) is 0 Å². The molecule has 0 spiro atoms. The smallest absolute Gasteiger partial charge is 0.408 e. The third-order valence-corrected chi connectivity index (χ3v) is 12.8. The molecule has 8 rings (SSSR count). The van der Waals surface area contributed by atoms with Gasteiger partial charge in [-0.05, 0) is 68.9 Å². The summed E-state index contributed by atoms with van der Waals surface area (Å²) < 4.78 is 25.9. The lowest BCUT2D eigenvalue weighted by Crippen LogP contribution is -2.59. The van der Waals surface area contributed by atoms with Gasteiger partial charge in [0.1, 0.15) is 53.8 Å². The maximum Gasteiger partial charge on any atom is 0.408 e. The minimum Gasteiger partial charge on any atom is -0.492 e. The van der Waals surface area contributed by atoms with Crippen molar-refractivity contribution in [3.8, 4) is 17.3 Å². The first-order valence-corrected chi connectivity index (χ1v) is 21.9. The lowest BCUT2D eigenvalue weighted by molar-refractivity contribution is -0.146. The first-order chi connectivity index (χ1) is 29.6. The zero-order chi connectivity index (χ0) is 43.9. The molecule has 17 heteroatoms. The van der Waals surface area contributed by atoms with E-state index in [1.165, 1.54) is 17.4 Å². The number of pyridine rings is 1. The van der Waals surface area contributed by atoms with Crippen LogP contribution in [0.1, 0.15) is 66.7 Å². The minimum absolute atomic E-state index is 0.0245. The normalized spacial score (nSPS) is 27.3. The van der Waals surface area contributed by atoms with E-state index < -0.39 is 58.9 Å². The second kappa shape index (κ2) is 17.4. The van der Waals surface area contributed by atoms with Crippen molar-refractivity contribution in [2.24, 2.45) is 23.2 Å². The Bertz CT molecular complexity index is 2170. The summed E-state index contributed by atoms with van der Waals surface area (Å²) in [7, 11) is 0. The molecule has 2 aliphatic heterocycles. The number of benzene rings is 1. The highest BCUT2D eigenvalue weighted by Crippen LogP contribution is 2.52. The fraction of sp³-hybridized carbons (Fsp3) is 0.600. The molecule has 3 amide bonds. The zero-order valence-corrected chi connectivity index (χ0v) is 36.3. The van der Waals surface area contributed by atoms with E-state index in [0.717, 1.165) is 32.5 Å². The Labute approximate surface area is 361 Å². The molecule has 3 aromatic rings. The van der Waals surface area contributed by atoms with Gasteiger partial charge in [0.15, 0.2) is 5.82 Å². The highest BCUT2D eigenvalue weighted by atomic mass is 16.6. The second-order valence-corrected chi connectivity index (χ2v) is 18.9. The molecule has 334 valence electrons. The number of hydrogen-bond acceptors (Lipinski definition) is 12. The summed E-state index contributed by atoms with van der Waals surface area (Å²) >= 11 is 0. The number of nitrogens with zero attached hydrogens (tertiary/aromatic N) is 5. The number of nitrogens with one attached hydrogen (secondary N) is 3. The van der Waals surface area contributed by atoms with Crippen LogP contribution >= 0.6 is 0 Å². The Morgan fingerprint density at radius 3 is 2.48 bits per heavy atom. The number of likely N-dealkylation sites (tertiary alicyclic amines) is 1. The summed E-state index contributed by atoms with van der Waals surface area (Å²) in [5.74, 6) is 0.645. The molecule has 1 aromatic carbocycles. The molecule has 3 aliphatic carbocycles. The second-order valence-electron chi connectivity index (χ2n) is 18.9. The molecule has 5 fully saturated rings. The fourth-order valence-electron chi connectivity index (χ4n) is 9.16. The molecular formula is C45H60N8O9. The number of ether oxygens (including phenoxy) is 4. The van der Waals surface area contributed by atoms with Gasteiger partial charge in [-0.2, -0.15) is 0 Å². The summed E-state index contributed by atoms with van der Waals surface area (Å²) in [6.07, 6.45) is 4.77. The van der Waals surface area contributed by atoms with Crippen LogP contribution in [0.5, 0.6) is 11.5 Å². The average molecular weight is 857 g/mol. The van der Waals surface area contributed by atoms with Crippen LogP contribution in [0, 0.1) is 23.2 Å². The van der Waals surface area contributed by atoms with Gasteiger partial charge >= 0.3 is 12.1 Å². The van der Waals surface area contributed by atoms with Gasteiger partial charge in [-0.25, -0.2) is 19.3 Å². The number of fused-ring (bicyclic) bond motifs is 2. The van der Waals surface area contributed by atoms with Gasteiger partial charge in [0.05, 0.1) is 25.3 Å². The molecule has 5 aliphatic rings. The maximum absolute atomic E-state index is 14.8. The van der Waals surface area contributed by atoms with Crippen molar-refractivity contribution >= 4 is 40.6 Å². The predicted octanol–water partition coefficient (Wildman–Crippen LogP) is 4.39. The Hall–Kier alpha value is -5.42. The molecule has 62 heavy (non-hydrogen) atoms. The van der Waals surface area contributed by atoms with Gasteiger partial charge in [-0.3, -0.25) is 14.5 Å². The highest BCUT2D eigenvalue weighted by Gasteiger charge is 2.61. The van der Waals surface area contributed by atoms with E-state index in [-0.39, 0.29) is 31.5 Å². The standard InChI is InChI=1S/C45H60N8O9/c1-7-29-24-45(29,42(56)57)49-40(54)35-22-32(25-52(35)41(55)39(44(4,5)6)48-43(58)62-31-19-27-18-28(27)20-31)61-36-23-38(53-11-10-37(50-53)46-26(2)3)47-34-21-30(8-9-33(34)36)60-17-14-51-12-15-59-16-13-51/h7-11,21,23,26-29,31-32,35,39H,1,12-20,22,24-25H2,2-6H3,(H,46,50)(H,48,58)(H,49,54)(H,56,57)/t27-,28+,29?,31?,32-,35?,39-,45-/m1/s1. The van der Waals surface area contributed by atoms with Gasteiger partial charge < -0.3 is 44.9 Å². The van der Waals surface area contributed by atoms with E-state index in [2.05, 4.69) is 27.4 Å². The molecule has 0 radical (unpaired) electrons. The lowest BCUT2D eigenvalue weighted by atomic mass is 9.85. The molecule has 8 atom stereocenters. The number of carbonyl (C=O) groups is 4. The molecule has 17 nitrogen and oxygen atoms in total. The van der Waals surface area contributed by atoms with Crippen LogP contribution in [0.4, 0.5) is 10.6 Å². The van der Waals surface area contributed by atoms with Crippen molar-refractivity contribution < 1.29 is 43.2 Å². The number of carboxylic acid groups (broad SMARTS) is 1. The van der Waals surface area contributed by atoms with Crippen molar-refractivity contribution in [2.75, 3.05) is 51.3 Å². The van der Waals surface area contributed by atoms with Crippen LogP contribution in [-0.2, 0) is 23.9 Å². The van der Waals surface area contributed by atoms with Crippen molar-refractivity contribution in [1.29, 1.82) is 0 Å². The summed E-state index contributed by atoms with van der Waals surface area (Å²) in [4.78, 5) is 63.5. The van der Waals surface area contributed by atoms with E-state index in [0.29, 0.717) is 65.7 Å². The Morgan fingerprint density at radius 2 is 1.81 bits per heavy atom. The molecule has 4 N–H and O–H groups in total. The number of aromatic nitrogens is 3. The van der Waals surface area contributed by atoms with E-state index >= 15 is 0 Å². The van der Waals surface area contributed by atoms with Crippen LogP contribution in [0.25, 0.3) is 16.7 Å². The molecule has 3 saturated carbocycles. The predicted molar refractivity (Wildman–Crippen MR) is 229 cm³/mol. The van der Waals surface area contributed by atoms with Gasteiger partial charge in [-0.1, -0.05) is 26.8 Å². The number of hydrogen-bond donors (Lipinski definition) is 4. The Morgan fingerprint density at radius 1 is 1.05 bits per heavy atom. The number of anilines is 1. The largest absolute Gasteiger partial charge is 0.492 e. The molecule has 4 heterocycles. The first-order valence-electron chi connectivity index (χ1n) is 21.9. The SMILES string of the molecule is C=CC1C[C@]1(NC(=O)C1C[C@@H](Oc2cc(-n3ccc(NC(C)C)n3)nc3cc(OCCN4CCOCC4)ccc23)CN1C(=O)[C@@H](NC(=O)OC1C[C@@H]2C[C@@H]2C1)C(C)(C)C)C(=O)O. The molecule has 2 saturated heterocycles. The van der Waals surface area contributed by atoms with Crippen molar-refractivity contribution in [3.63, 3.8) is 0 Å². The highest BCUT2D eigenvalue weighted by molar-refractivity contribution is 5.96. The lowest BCUT2D eigenvalue weighted by Gasteiger charge is -2.35. The van der Waals surface area contributed by atoms with E-state index in [4.69, 9.17) is 29.0 Å². The zero-order valence-electron chi connectivity index (χ0n) is 36.3. The van der Waals surface area contributed by atoms with Crippen LogP contribution in [-0.4, -0.2) is 135 Å². The molecule has 3 unspecified atom stereocenters. The minimum atomic E-state index is -1.52. The summed E-state index contributed by atoms with van der Waals surface area (Å²) in [6.45, 7) is 17.6. The Balaban J connectivity index is 1.07. The quantitative estimate of drug-likeness (QED) is 0.148. The number of aliphatic carboxylic acids is 1. The third kappa shape index (κ3) is 9.48. The summed E-state index contributed by atoms with van der Waals surface area (Å²) in [5.41, 5.74) is -1.73. The third-order valence-electron chi connectivity index (χ3n) is 12.8. The van der Waals surface area contributed by atoms with Crippen LogP contribution < -0.4 is 25.4 Å². The first kappa shape index (κ1) is 43.2.